The highest BCUT2D eigenvalue weighted by atomic mass is 19.4. The predicted octanol–water partition coefficient (Wildman–Crippen LogP) is 7.92. The van der Waals surface area contributed by atoms with Crippen molar-refractivity contribution in [2.75, 3.05) is 0 Å². The molecule has 0 rings (SSSR count). The Bertz CT molecular complexity index is 711. The summed E-state index contributed by atoms with van der Waals surface area (Å²) in [6.07, 6.45) is -8.07. The first-order valence-electron chi connectivity index (χ1n) is 7.35. The summed E-state index contributed by atoms with van der Waals surface area (Å²) in [4.78, 5) is 0. The Morgan fingerprint density at radius 3 is 0.514 bits per heavy atom. The standard InChI is InChI=1S/C12H3F23/c1-2(13,14)3(15,16)4(17,18)5(19,20)6(21,22)7(23,24)8(25,26)9(27,28)10(29,30)11(31,32)12(33,34)35/h1H3. The van der Waals surface area contributed by atoms with Crippen LogP contribution in [0.5, 0.6) is 0 Å². The minimum atomic E-state index is -9.35. The van der Waals surface area contributed by atoms with Gasteiger partial charge in [-0.25, -0.2) is 0 Å². The van der Waals surface area contributed by atoms with E-state index in [-0.39, 0.29) is 0 Å². The van der Waals surface area contributed by atoms with Crippen LogP contribution in [0.4, 0.5) is 101 Å². The number of hydrogen-bond acceptors (Lipinski definition) is 0. The Morgan fingerprint density at radius 1 is 0.229 bits per heavy atom. The van der Waals surface area contributed by atoms with Gasteiger partial charge in [0.2, 0.25) is 0 Å². The van der Waals surface area contributed by atoms with E-state index in [2.05, 4.69) is 0 Å². The molecule has 0 saturated heterocycles. The zero-order valence-electron chi connectivity index (χ0n) is 15.2. The zero-order chi connectivity index (χ0) is 29.5. The summed E-state index contributed by atoms with van der Waals surface area (Å²) in [6, 6.07) is 0. The summed E-state index contributed by atoms with van der Waals surface area (Å²) in [5, 5.41) is 0. The highest BCUT2D eigenvalue weighted by Gasteiger charge is 2.98. The van der Waals surface area contributed by atoms with Gasteiger partial charge in [-0.15, -0.1) is 0 Å². The summed E-state index contributed by atoms with van der Waals surface area (Å²) < 4.78 is 296. The van der Waals surface area contributed by atoms with Crippen LogP contribution in [0.1, 0.15) is 6.92 Å². The van der Waals surface area contributed by atoms with Crippen LogP contribution < -0.4 is 0 Å². The zero-order valence-corrected chi connectivity index (χ0v) is 15.2. The molecular weight excluding hydrogens is 581 g/mol. The molecule has 0 spiro atoms. The largest absolute Gasteiger partial charge is 0.460 e. The van der Waals surface area contributed by atoms with Crippen molar-refractivity contribution in [2.24, 2.45) is 0 Å². The molecule has 0 radical (unpaired) electrons. The van der Waals surface area contributed by atoms with E-state index < -0.39 is 72.3 Å². The fraction of sp³-hybridized carbons (Fsp3) is 1.00. The molecule has 0 aliphatic heterocycles. The van der Waals surface area contributed by atoms with E-state index in [0.29, 0.717) is 0 Å². The SMILES string of the molecule is CC(F)(F)C(F)(F)C(F)(F)C(F)(F)C(F)(F)C(F)(F)C(F)(F)C(F)(F)C(F)(F)C(F)(F)C(F)(F)F. The van der Waals surface area contributed by atoms with E-state index in [9.17, 15) is 101 Å². The molecule has 0 bridgehead atoms. The summed E-state index contributed by atoms with van der Waals surface area (Å²) >= 11 is 0. The van der Waals surface area contributed by atoms with Crippen molar-refractivity contribution in [3.63, 3.8) is 0 Å². The molecule has 0 aliphatic carbocycles. The number of rotatable bonds is 9. The molecule has 0 aromatic heterocycles. The topological polar surface area (TPSA) is 0 Å². The molecule has 0 aromatic rings. The Balaban J connectivity index is 7.15. The maximum atomic E-state index is 13.3. The van der Waals surface area contributed by atoms with Crippen molar-refractivity contribution in [1.82, 2.24) is 0 Å². The molecule has 212 valence electrons. The average molecular weight is 584 g/mol. The van der Waals surface area contributed by atoms with Gasteiger partial charge in [-0.1, -0.05) is 0 Å². The molecular formula is C12H3F23. The Labute approximate surface area is 175 Å². The van der Waals surface area contributed by atoms with Crippen molar-refractivity contribution in [1.29, 1.82) is 0 Å². The summed E-state index contributed by atoms with van der Waals surface area (Å²) in [5.74, 6) is -86.8. The molecule has 23 heteroatoms. The van der Waals surface area contributed by atoms with Gasteiger partial charge in [0, 0.05) is 6.92 Å². The summed E-state index contributed by atoms with van der Waals surface area (Å²) in [5.41, 5.74) is 0. The first kappa shape index (κ1) is 33.4. The van der Waals surface area contributed by atoms with Crippen LogP contribution in [0.3, 0.4) is 0 Å². The first-order valence-corrected chi connectivity index (χ1v) is 7.35. The normalized spacial score (nSPS) is 17.1. The minimum Gasteiger partial charge on any atom is -0.200 e. The summed E-state index contributed by atoms with van der Waals surface area (Å²) in [7, 11) is 0. The fourth-order valence-corrected chi connectivity index (χ4v) is 1.83. The molecule has 35 heavy (non-hydrogen) atoms. The molecule has 0 saturated carbocycles. The Kier molecular flexibility index (Phi) is 7.34. The van der Waals surface area contributed by atoms with E-state index in [0.717, 1.165) is 0 Å². The van der Waals surface area contributed by atoms with Crippen molar-refractivity contribution >= 4 is 0 Å². The molecule has 0 heterocycles. The van der Waals surface area contributed by atoms with Crippen LogP contribution in [-0.2, 0) is 0 Å². The number of alkyl halides is 23. The van der Waals surface area contributed by atoms with Gasteiger partial charge in [0.1, 0.15) is 0 Å². The third kappa shape index (κ3) is 3.83. The molecule has 0 atom stereocenters. The van der Waals surface area contributed by atoms with E-state index >= 15 is 0 Å². The number of halogens is 23. The van der Waals surface area contributed by atoms with Crippen LogP contribution in [0, 0.1) is 0 Å². The van der Waals surface area contributed by atoms with Gasteiger partial charge in [0.25, 0.3) is 0 Å². The second-order valence-corrected chi connectivity index (χ2v) is 6.56. The monoisotopic (exact) mass is 584 g/mol. The second-order valence-electron chi connectivity index (χ2n) is 6.56. The Morgan fingerprint density at radius 2 is 0.371 bits per heavy atom. The Hall–Kier alpha value is -1.61. The van der Waals surface area contributed by atoms with Gasteiger partial charge >= 0.3 is 65.4 Å². The highest BCUT2D eigenvalue weighted by Crippen LogP contribution is 2.66. The van der Waals surface area contributed by atoms with Gasteiger partial charge in [0.15, 0.2) is 0 Å². The molecule has 0 fully saturated rings. The average Bonchev–Trinajstić information content (AvgIpc) is 2.58. The first-order chi connectivity index (χ1) is 14.5. The van der Waals surface area contributed by atoms with Crippen molar-refractivity contribution < 1.29 is 101 Å². The van der Waals surface area contributed by atoms with Crippen LogP contribution in [0.2, 0.25) is 0 Å². The molecule has 0 unspecified atom stereocenters. The fourth-order valence-electron chi connectivity index (χ4n) is 1.83. The van der Waals surface area contributed by atoms with Crippen LogP contribution in [0.25, 0.3) is 0 Å². The third-order valence-electron chi connectivity index (χ3n) is 4.06. The van der Waals surface area contributed by atoms with E-state index in [4.69, 9.17) is 0 Å². The van der Waals surface area contributed by atoms with Gasteiger partial charge in [-0.05, 0) is 0 Å². The van der Waals surface area contributed by atoms with Gasteiger partial charge < -0.3 is 0 Å². The number of hydrogen-bond donors (Lipinski definition) is 0. The van der Waals surface area contributed by atoms with Crippen LogP contribution in [-0.4, -0.2) is 65.4 Å². The van der Waals surface area contributed by atoms with Crippen molar-refractivity contribution in [3.05, 3.63) is 0 Å². The highest BCUT2D eigenvalue weighted by molar-refractivity contribution is 5.18. The lowest BCUT2D eigenvalue weighted by Crippen LogP contribution is -2.77. The molecule has 0 aromatic carbocycles. The summed E-state index contributed by atoms with van der Waals surface area (Å²) in [6.45, 7) is -1.46. The van der Waals surface area contributed by atoms with E-state index in [1.807, 2.05) is 0 Å². The molecule has 0 amide bonds. The van der Waals surface area contributed by atoms with E-state index in [1.165, 1.54) is 0 Å². The van der Waals surface area contributed by atoms with Crippen molar-refractivity contribution in [3.8, 4) is 0 Å². The second kappa shape index (κ2) is 7.70. The molecule has 0 N–H and O–H groups in total. The van der Waals surface area contributed by atoms with Gasteiger partial charge in [-0.2, -0.15) is 101 Å². The lowest BCUT2D eigenvalue weighted by molar-refractivity contribution is -0.478. The van der Waals surface area contributed by atoms with Gasteiger partial charge in [-0.3, -0.25) is 0 Å². The smallest absolute Gasteiger partial charge is 0.200 e. The van der Waals surface area contributed by atoms with Crippen LogP contribution in [0.15, 0.2) is 0 Å². The van der Waals surface area contributed by atoms with Crippen LogP contribution >= 0.6 is 0 Å². The van der Waals surface area contributed by atoms with E-state index in [1.54, 1.807) is 0 Å². The minimum absolute atomic E-state index is 1.46. The third-order valence-corrected chi connectivity index (χ3v) is 4.06. The lowest BCUT2D eigenvalue weighted by atomic mass is 9.85. The quantitative estimate of drug-likeness (QED) is 0.242. The molecule has 0 nitrogen and oxygen atoms in total. The van der Waals surface area contributed by atoms with Crippen molar-refractivity contribution in [2.45, 2.75) is 72.3 Å². The maximum Gasteiger partial charge on any atom is 0.460 e. The maximum absolute atomic E-state index is 13.3. The van der Waals surface area contributed by atoms with Gasteiger partial charge in [0.05, 0.1) is 0 Å². The predicted molar refractivity (Wildman–Crippen MR) is 61.2 cm³/mol. The lowest BCUT2D eigenvalue weighted by Gasteiger charge is -2.45. The molecule has 0 aliphatic rings.